The molecule has 0 heterocycles. The van der Waals surface area contributed by atoms with Crippen LogP contribution in [0.4, 0.5) is 18.9 Å². The lowest BCUT2D eigenvalue weighted by molar-refractivity contribution is 0.389. The molecule has 0 aliphatic rings. The fourth-order valence-corrected chi connectivity index (χ4v) is 1.24. The fraction of sp³-hybridized carbons (Fsp3) is 0.500. The van der Waals surface area contributed by atoms with Crippen LogP contribution in [0.5, 0.6) is 0 Å². The number of anilines is 1. The maximum Gasteiger partial charge on any atom is 0.194 e. The van der Waals surface area contributed by atoms with Crippen LogP contribution in [0.3, 0.4) is 0 Å². The van der Waals surface area contributed by atoms with E-state index < -0.39 is 17.5 Å². The van der Waals surface area contributed by atoms with E-state index in [0.717, 1.165) is 18.6 Å². The van der Waals surface area contributed by atoms with Gasteiger partial charge in [-0.3, -0.25) is 0 Å². The molecule has 0 aliphatic carbocycles. The molecule has 0 unspecified atom stereocenters. The van der Waals surface area contributed by atoms with Crippen LogP contribution in [0.2, 0.25) is 0 Å². The molecule has 0 radical (unpaired) electrons. The third-order valence-electron chi connectivity index (χ3n) is 2.19. The molecule has 0 saturated heterocycles. The molecule has 1 rings (SSSR count). The number of hydrogen-bond donors (Lipinski definition) is 1. The predicted molar refractivity (Wildman–Crippen MR) is 58.9 cm³/mol. The summed E-state index contributed by atoms with van der Waals surface area (Å²) in [5, 5.41) is 2.86. The third kappa shape index (κ3) is 3.76. The van der Waals surface area contributed by atoms with Crippen LogP contribution in [0.15, 0.2) is 12.1 Å². The minimum absolute atomic E-state index is 0.143. The molecule has 0 fully saturated rings. The SMILES string of the molecule is CC(C)(C)CCNc1cc(F)c(F)c(F)c1. The van der Waals surface area contributed by atoms with E-state index in [9.17, 15) is 13.2 Å². The Morgan fingerprint density at radius 1 is 1.06 bits per heavy atom. The van der Waals surface area contributed by atoms with Crippen LogP contribution >= 0.6 is 0 Å². The Morgan fingerprint density at radius 2 is 1.56 bits per heavy atom. The standard InChI is InChI=1S/C12H16F3N/c1-12(2,3)4-5-16-8-6-9(13)11(15)10(14)7-8/h6-7,16H,4-5H2,1-3H3. The third-order valence-corrected chi connectivity index (χ3v) is 2.19. The van der Waals surface area contributed by atoms with Crippen molar-refractivity contribution >= 4 is 5.69 Å². The van der Waals surface area contributed by atoms with Crippen molar-refractivity contribution in [3.8, 4) is 0 Å². The van der Waals surface area contributed by atoms with E-state index >= 15 is 0 Å². The minimum Gasteiger partial charge on any atom is -0.385 e. The highest BCUT2D eigenvalue weighted by atomic mass is 19.2. The summed E-state index contributed by atoms with van der Waals surface area (Å²) in [6.07, 6.45) is 0.855. The molecule has 1 aromatic carbocycles. The molecule has 1 N–H and O–H groups in total. The lowest BCUT2D eigenvalue weighted by Crippen LogP contribution is -2.13. The van der Waals surface area contributed by atoms with Gasteiger partial charge in [-0.15, -0.1) is 0 Å². The summed E-state index contributed by atoms with van der Waals surface area (Å²) in [4.78, 5) is 0. The number of hydrogen-bond acceptors (Lipinski definition) is 1. The number of rotatable bonds is 3. The summed E-state index contributed by atoms with van der Waals surface area (Å²) in [7, 11) is 0. The van der Waals surface area contributed by atoms with Crippen LogP contribution in [-0.4, -0.2) is 6.54 Å². The molecule has 0 spiro atoms. The van der Waals surface area contributed by atoms with Crippen LogP contribution < -0.4 is 5.32 Å². The fourth-order valence-electron chi connectivity index (χ4n) is 1.24. The maximum atomic E-state index is 12.8. The van der Waals surface area contributed by atoms with Crippen molar-refractivity contribution in [2.75, 3.05) is 11.9 Å². The molecule has 1 nitrogen and oxygen atoms in total. The van der Waals surface area contributed by atoms with E-state index in [4.69, 9.17) is 0 Å². The highest BCUT2D eigenvalue weighted by Gasteiger charge is 2.12. The summed E-state index contributed by atoms with van der Waals surface area (Å²) in [6, 6.07) is 1.92. The summed E-state index contributed by atoms with van der Waals surface area (Å²) in [5.41, 5.74) is 0.407. The zero-order valence-corrected chi connectivity index (χ0v) is 9.70. The average Bonchev–Trinajstić information content (AvgIpc) is 2.12. The lowest BCUT2D eigenvalue weighted by Gasteiger charge is -2.18. The van der Waals surface area contributed by atoms with Crippen molar-refractivity contribution in [1.29, 1.82) is 0 Å². The molecule has 0 amide bonds. The van der Waals surface area contributed by atoms with E-state index in [-0.39, 0.29) is 11.1 Å². The van der Waals surface area contributed by atoms with Crippen molar-refractivity contribution in [1.82, 2.24) is 0 Å². The first-order valence-electron chi connectivity index (χ1n) is 5.18. The second-order valence-corrected chi connectivity index (χ2v) is 4.99. The molecular formula is C12H16F3N. The molecule has 0 aliphatic heterocycles. The Bertz CT molecular complexity index is 346. The van der Waals surface area contributed by atoms with Gasteiger partial charge in [0.1, 0.15) is 0 Å². The second-order valence-electron chi connectivity index (χ2n) is 4.99. The predicted octanol–water partition coefficient (Wildman–Crippen LogP) is 3.95. The molecule has 0 saturated carbocycles. The second kappa shape index (κ2) is 4.76. The smallest absolute Gasteiger partial charge is 0.194 e. The first kappa shape index (κ1) is 12.9. The van der Waals surface area contributed by atoms with Crippen molar-refractivity contribution in [2.45, 2.75) is 27.2 Å². The van der Waals surface area contributed by atoms with E-state index in [1.807, 2.05) is 0 Å². The molecule has 0 bridgehead atoms. The van der Waals surface area contributed by atoms with Gasteiger partial charge in [-0.2, -0.15) is 0 Å². The summed E-state index contributed by atoms with van der Waals surface area (Å²) < 4.78 is 38.3. The van der Waals surface area contributed by atoms with Crippen LogP contribution in [0.1, 0.15) is 27.2 Å². The Balaban J connectivity index is 2.62. The van der Waals surface area contributed by atoms with E-state index in [0.29, 0.717) is 6.54 Å². The molecule has 1 aromatic rings. The molecule has 0 atom stereocenters. The highest BCUT2D eigenvalue weighted by molar-refractivity contribution is 5.44. The normalized spacial score (nSPS) is 11.6. The first-order valence-corrected chi connectivity index (χ1v) is 5.18. The summed E-state index contributed by atoms with van der Waals surface area (Å²) in [6.45, 7) is 6.80. The number of benzene rings is 1. The summed E-state index contributed by atoms with van der Waals surface area (Å²) in [5.74, 6) is -3.77. The van der Waals surface area contributed by atoms with Gasteiger partial charge in [0.05, 0.1) is 0 Å². The Labute approximate surface area is 93.7 Å². The topological polar surface area (TPSA) is 12.0 Å². The van der Waals surface area contributed by atoms with Gasteiger partial charge in [-0.05, 0) is 11.8 Å². The Hall–Kier alpha value is -1.19. The van der Waals surface area contributed by atoms with Crippen molar-refractivity contribution in [3.05, 3.63) is 29.6 Å². The zero-order chi connectivity index (χ0) is 12.3. The van der Waals surface area contributed by atoms with E-state index in [1.165, 1.54) is 0 Å². The average molecular weight is 231 g/mol. The van der Waals surface area contributed by atoms with Gasteiger partial charge in [0, 0.05) is 24.4 Å². The van der Waals surface area contributed by atoms with Crippen LogP contribution in [-0.2, 0) is 0 Å². The minimum atomic E-state index is -1.43. The number of halogens is 3. The quantitative estimate of drug-likeness (QED) is 0.776. The van der Waals surface area contributed by atoms with Gasteiger partial charge >= 0.3 is 0 Å². The maximum absolute atomic E-state index is 12.8. The van der Waals surface area contributed by atoms with E-state index in [2.05, 4.69) is 26.1 Å². The van der Waals surface area contributed by atoms with Gasteiger partial charge in [-0.1, -0.05) is 20.8 Å². The molecule has 4 heteroatoms. The molecule has 16 heavy (non-hydrogen) atoms. The Morgan fingerprint density at radius 3 is 2.00 bits per heavy atom. The molecular weight excluding hydrogens is 215 g/mol. The van der Waals surface area contributed by atoms with Gasteiger partial charge in [0.25, 0.3) is 0 Å². The van der Waals surface area contributed by atoms with Crippen LogP contribution in [0.25, 0.3) is 0 Å². The van der Waals surface area contributed by atoms with Gasteiger partial charge in [-0.25, -0.2) is 13.2 Å². The number of nitrogens with one attached hydrogen (secondary N) is 1. The van der Waals surface area contributed by atoms with Crippen LogP contribution in [0, 0.1) is 22.9 Å². The van der Waals surface area contributed by atoms with E-state index in [1.54, 1.807) is 0 Å². The molecule has 0 aromatic heterocycles. The zero-order valence-electron chi connectivity index (χ0n) is 9.70. The first-order chi connectivity index (χ1) is 7.29. The van der Waals surface area contributed by atoms with Crippen molar-refractivity contribution in [3.63, 3.8) is 0 Å². The van der Waals surface area contributed by atoms with Gasteiger partial charge in [0.2, 0.25) is 0 Å². The Kier molecular flexibility index (Phi) is 3.83. The lowest BCUT2D eigenvalue weighted by atomic mass is 9.92. The molecule has 90 valence electrons. The summed E-state index contributed by atoms with van der Waals surface area (Å²) >= 11 is 0. The van der Waals surface area contributed by atoms with Crippen molar-refractivity contribution in [2.24, 2.45) is 5.41 Å². The van der Waals surface area contributed by atoms with Crippen molar-refractivity contribution < 1.29 is 13.2 Å². The monoisotopic (exact) mass is 231 g/mol. The van der Waals surface area contributed by atoms with Gasteiger partial charge in [0.15, 0.2) is 17.5 Å². The highest BCUT2D eigenvalue weighted by Crippen LogP contribution is 2.20. The largest absolute Gasteiger partial charge is 0.385 e. The van der Waals surface area contributed by atoms with Gasteiger partial charge < -0.3 is 5.32 Å².